The van der Waals surface area contributed by atoms with Crippen LogP contribution < -0.4 is 9.47 Å². The van der Waals surface area contributed by atoms with Crippen molar-refractivity contribution >= 4 is 17.6 Å². The van der Waals surface area contributed by atoms with Crippen molar-refractivity contribution in [1.29, 1.82) is 0 Å². The summed E-state index contributed by atoms with van der Waals surface area (Å²) in [5.41, 5.74) is 2.55. The molecule has 164 valence electrons. The van der Waals surface area contributed by atoms with Crippen molar-refractivity contribution in [3.63, 3.8) is 0 Å². The van der Waals surface area contributed by atoms with Gasteiger partial charge in [-0.25, -0.2) is 0 Å². The van der Waals surface area contributed by atoms with E-state index >= 15 is 0 Å². The quantitative estimate of drug-likeness (QED) is 0.403. The van der Waals surface area contributed by atoms with E-state index in [0.29, 0.717) is 46.8 Å². The smallest absolute Gasteiger partial charge is 0.303 e. The lowest BCUT2D eigenvalue weighted by molar-refractivity contribution is -0.137. The maximum Gasteiger partial charge on any atom is 0.303 e. The van der Waals surface area contributed by atoms with E-state index in [9.17, 15) is 4.79 Å². The Morgan fingerprint density at radius 2 is 2.03 bits per heavy atom. The molecule has 1 aromatic heterocycles. The molecule has 0 amide bonds. The van der Waals surface area contributed by atoms with E-state index in [2.05, 4.69) is 10.1 Å². The summed E-state index contributed by atoms with van der Waals surface area (Å²) >= 11 is 6.32. The number of aryl methyl sites for hydroxylation is 1. The van der Waals surface area contributed by atoms with Crippen molar-refractivity contribution in [2.75, 3.05) is 6.61 Å². The molecule has 0 unspecified atom stereocenters. The van der Waals surface area contributed by atoms with E-state index < -0.39 is 5.97 Å². The van der Waals surface area contributed by atoms with Crippen molar-refractivity contribution in [3.05, 3.63) is 47.0 Å². The molecule has 0 radical (unpaired) electrons. The molecule has 0 atom stereocenters. The topological polar surface area (TPSA) is 94.7 Å². The first-order valence-electron chi connectivity index (χ1n) is 10.2. The van der Waals surface area contributed by atoms with Gasteiger partial charge in [0.25, 0.3) is 5.89 Å². The molecule has 31 heavy (non-hydrogen) atoms. The normalized spacial score (nSPS) is 11.0. The minimum absolute atomic E-state index is 0.0231. The highest BCUT2D eigenvalue weighted by Crippen LogP contribution is 2.32. The third-order valence-electron chi connectivity index (χ3n) is 4.47. The summed E-state index contributed by atoms with van der Waals surface area (Å²) < 4.78 is 16.8. The number of ether oxygens (including phenoxy) is 2. The first-order valence-corrected chi connectivity index (χ1v) is 10.5. The first-order chi connectivity index (χ1) is 14.9. The molecule has 0 spiro atoms. The van der Waals surface area contributed by atoms with Crippen LogP contribution in [0.4, 0.5) is 0 Å². The molecule has 0 fully saturated rings. The number of nitrogens with zero attached hydrogens (tertiary/aromatic N) is 2. The summed E-state index contributed by atoms with van der Waals surface area (Å²) in [6, 6.07) is 11.0. The predicted molar refractivity (Wildman–Crippen MR) is 118 cm³/mol. The summed E-state index contributed by atoms with van der Waals surface area (Å²) in [5, 5.41) is 13.3. The van der Waals surface area contributed by atoms with Gasteiger partial charge in [0.2, 0.25) is 5.82 Å². The van der Waals surface area contributed by atoms with Gasteiger partial charge in [0.1, 0.15) is 11.5 Å². The van der Waals surface area contributed by atoms with Crippen molar-refractivity contribution in [1.82, 2.24) is 10.1 Å². The standard InChI is InChI=1S/C23H25ClN2O5/c1-4-15-12-17(29-11-5-6-21(27)28)8-9-18(15)22-25-23(31-26-22)16-7-10-20(19(24)13-16)30-14(2)3/h7-10,12-14H,4-6,11H2,1-3H3,(H,27,28). The van der Waals surface area contributed by atoms with Crippen LogP contribution in [-0.4, -0.2) is 33.9 Å². The second kappa shape index (κ2) is 10.3. The number of hydrogen-bond donors (Lipinski definition) is 1. The zero-order valence-corrected chi connectivity index (χ0v) is 18.5. The molecule has 0 aliphatic carbocycles. The average Bonchev–Trinajstić information content (AvgIpc) is 3.22. The maximum absolute atomic E-state index is 10.6. The second-order valence-corrected chi connectivity index (χ2v) is 7.66. The molecule has 7 nitrogen and oxygen atoms in total. The van der Waals surface area contributed by atoms with Gasteiger partial charge in [-0.1, -0.05) is 23.7 Å². The SMILES string of the molecule is CCc1cc(OCCCC(=O)O)ccc1-c1noc(-c2ccc(OC(C)C)c(Cl)c2)n1. The van der Waals surface area contributed by atoms with E-state index in [-0.39, 0.29) is 12.5 Å². The maximum atomic E-state index is 10.6. The molecule has 0 aliphatic heterocycles. The summed E-state index contributed by atoms with van der Waals surface area (Å²) in [6.45, 7) is 6.25. The van der Waals surface area contributed by atoms with E-state index in [1.165, 1.54) is 0 Å². The van der Waals surface area contributed by atoms with Crippen LogP contribution in [0.25, 0.3) is 22.8 Å². The fourth-order valence-corrected chi connectivity index (χ4v) is 3.24. The lowest BCUT2D eigenvalue weighted by Crippen LogP contribution is -2.05. The van der Waals surface area contributed by atoms with Gasteiger partial charge in [0.15, 0.2) is 0 Å². The molecule has 0 aliphatic rings. The Bertz CT molecular complexity index is 1050. The number of aliphatic carboxylic acids is 1. The zero-order valence-electron chi connectivity index (χ0n) is 17.7. The number of halogens is 1. The number of carboxylic acids is 1. The molecule has 8 heteroatoms. The van der Waals surface area contributed by atoms with Gasteiger partial charge in [-0.05, 0) is 68.7 Å². The Morgan fingerprint density at radius 1 is 1.23 bits per heavy atom. The van der Waals surface area contributed by atoms with Crippen LogP contribution in [0.5, 0.6) is 11.5 Å². The summed E-state index contributed by atoms with van der Waals surface area (Å²) in [6.07, 6.45) is 1.31. The van der Waals surface area contributed by atoms with Gasteiger partial charge in [0.05, 0.1) is 17.7 Å². The number of hydrogen-bond acceptors (Lipinski definition) is 6. The third-order valence-corrected chi connectivity index (χ3v) is 4.77. The second-order valence-electron chi connectivity index (χ2n) is 7.25. The van der Waals surface area contributed by atoms with Gasteiger partial charge in [-0.2, -0.15) is 4.98 Å². The number of aromatic nitrogens is 2. The molecule has 2 aromatic carbocycles. The Kier molecular flexibility index (Phi) is 7.52. The van der Waals surface area contributed by atoms with E-state index in [1.54, 1.807) is 12.1 Å². The van der Waals surface area contributed by atoms with Crippen molar-refractivity contribution < 1.29 is 23.9 Å². The molecule has 3 rings (SSSR count). The lowest BCUT2D eigenvalue weighted by atomic mass is 10.0. The van der Waals surface area contributed by atoms with Crippen LogP contribution >= 0.6 is 11.6 Å². The summed E-state index contributed by atoms with van der Waals surface area (Å²) in [5.74, 6) is 1.30. The molecule has 1 heterocycles. The van der Waals surface area contributed by atoms with Crippen LogP contribution in [0.1, 0.15) is 39.2 Å². The predicted octanol–water partition coefficient (Wildman–Crippen LogP) is 5.65. The van der Waals surface area contributed by atoms with Gasteiger partial charge < -0.3 is 19.1 Å². The van der Waals surface area contributed by atoms with Crippen LogP contribution in [0, 0.1) is 0 Å². The molecular weight excluding hydrogens is 420 g/mol. The Labute approximate surface area is 186 Å². The number of rotatable bonds is 10. The zero-order chi connectivity index (χ0) is 22.4. The van der Waals surface area contributed by atoms with Crippen molar-refractivity contribution in [2.24, 2.45) is 0 Å². The van der Waals surface area contributed by atoms with Crippen LogP contribution in [-0.2, 0) is 11.2 Å². The third kappa shape index (κ3) is 5.98. The fraction of sp³-hybridized carbons (Fsp3) is 0.348. The van der Waals surface area contributed by atoms with Crippen LogP contribution in [0.2, 0.25) is 5.02 Å². The number of carbonyl (C=O) groups is 1. The van der Waals surface area contributed by atoms with Gasteiger partial charge in [-0.15, -0.1) is 0 Å². The summed E-state index contributed by atoms with van der Waals surface area (Å²) in [7, 11) is 0. The highest BCUT2D eigenvalue weighted by atomic mass is 35.5. The Balaban J connectivity index is 1.77. The Morgan fingerprint density at radius 3 is 2.71 bits per heavy atom. The average molecular weight is 445 g/mol. The fourth-order valence-electron chi connectivity index (χ4n) is 3.02. The van der Waals surface area contributed by atoms with Crippen molar-refractivity contribution in [3.8, 4) is 34.3 Å². The number of benzene rings is 2. The Hall–Kier alpha value is -3.06. The molecular formula is C23H25ClN2O5. The van der Waals surface area contributed by atoms with Gasteiger partial charge in [0, 0.05) is 17.5 Å². The van der Waals surface area contributed by atoms with E-state index in [1.807, 2.05) is 45.0 Å². The summed E-state index contributed by atoms with van der Waals surface area (Å²) in [4.78, 5) is 15.1. The minimum Gasteiger partial charge on any atom is -0.494 e. The molecule has 0 saturated carbocycles. The molecule has 0 bridgehead atoms. The van der Waals surface area contributed by atoms with Crippen LogP contribution in [0.3, 0.4) is 0 Å². The largest absolute Gasteiger partial charge is 0.494 e. The first kappa shape index (κ1) is 22.6. The molecule has 1 N–H and O–H groups in total. The number of carboxylic acid groups (broad SMARTS) is 1. The highest BCUT2D eigenvalue weighted by Gasteiger charge is 2.16. The van der Waals surface area contributed by atoms with Gasteiger partial charge in [-0.3, -0.25) is 4.79 Å². The van der Waals surface area contributed by atoms with Crippen molar-refractivity contribution in [2.45, 2.75) is 46.1 Å². The van der Waals surface area contributed by atoms with E-state index in [0.717, 1.165) is 17.5 Å². The van der Waals surface area contributed by atoms with E-state index in [4.69, 9.17) is 30.7 Å². The monoisotopic (exact) mass is 444 g/mol. The highest BCUT2D eigenvalue weighted by molar-refractivity contribution is 6.32. The lowest BCUT2D eigenvalue weighted by Gasteiger charge is -2.11. The van der Waals surface area contributed by atoms with Gasteiger partial charge >= 0.3 is 5.97 Å². The van der Waals surface area contributed by atoms with Crippen LogP contribution in [0.15, 0.2) is 40.9 Å². The minimum atomic E-state index is -0.829. The molecule has 0 saturated heterocycles. The molecule has 3 aromatic rings.